The lowest BCUT2D eigenvalue weighted by Gasteiger charge is -2.21. The van der Waals surface area contributed by atoms with Crippen LogP contribution in [-0.2, 0) is 4.74 Å². The summed E-state index contributed by atoms with van der Waals surface area (Å²) in [6.45, 7) is 7.00. The number of benzene rings is 1. The van der Waals surface area contributed by atoms with E-state index in [2.05, 4.69) is 25.8 Å². The molecule has 3 nitrogen and oxygen atoms in total. The number of ether oxygens (including phenoxy) is 1. The zero-order valence-corrected chi connectivity index (χ0v) is 9.90. The fraction of sp³-hybridized carbons (Fsp3) is 0.462. The highest BCUT2D eigenvalue weighted by atomic mass is 16.5. The monoisotopic (exact) mass is 219 g/mol. The molecule has 0 unspecified atom stereocenters. The summed E-state index contributed by atoms with van der Waals surface area (Å²) in [6, 6.07) is 7.27. The van der Waals surface area contributed by atoms with Crippen LogP contribution in [0.1, 0.15) is 26.3 Å². The van der Waals surface area contributed by atoms with E-state index in [9.17, 15) is 5.11 Å². The quantitative estimate of drug-likeness (QED) is 0.788. The van der Waals surface area contributed by atoms with Crippen LogP contribution in [0, 0.1) is 5.41 Å². The van der Waals surface area contributed by atoms with Crippen LogP contribution in [0.5, 0.6) is 5.75 Å². The van der Waals surface area contributed by atoms with Crippen LogP contribution in [0.4, 0.5) is 0 Å². The van der Waals surface area contributed by atoms with Gasteiger partial charge in [0.1, 0.15) is 12.4 Å². The van der Waals surface area contributed by atoms with Gasteiger partial charge < -0.3 is 9.84 Å². The molecule has 86 valence electrons. The summed E-state index contributed by atoms with van der Waals surface area (Å²) in [5.74, 6) is 0.772. The Morgan fingerprint density at radius 3 is 2.56 bits per heavy atom. The molecule has 0 saturated carbocycles. The summed E-state index contributed by atoms with van der Waals surface area (Å²) in [4.78, 5) is 4.52. The maximum absolute atomic E-state index is 9.70. The average molecular weight is 219 g/mol. The van der Waals surface area contributed by atoms with Crippen LogP contribution in [0.2, 0.25) is 0 Å². The first kappa shape index (κ1) is 11.0. The lowest BCUT2D eigenvalue weighted by molar-refractivity contribution is 0.235. The van der Waals surface area contributed by atoms with Crippen LogP contribution < -0.4 is 0 Å². The van der Waals surface area contributed by atoms with Crippen LogP contribution in [-0.4, -0.2) is 23.7 Å². The van der Waals surface area contributed by atoms with E-state index in [0.717, 1.165) is 0 Å². The minimum atomic E-state index is 0.0894. The molecule has 0 aliphatic carbocycles. The number of aromatic hydroxyl groups is 1. The number of aliphatic imine (C=N–C) groups is 1. The van der Waals surface area contributed by atoms with Gasteiger partial charge in [-0.3, -0.25) is 0 Å². The summed E-state index contributed by atoms with van der Waals surface area (Å²) in [6.07, 6.45) is 0. The van der Waals surface area contributed by atoms with Crippen LogP contribution in [0.3, 0.4) is 0 Å². The minimum Gasteiger partial charge on any atom is -0.507 e. The van der Waals surface area contributed by atoms with Gasteiger partial charge in [-0.1, -0.05) is 32.9 Å². The molecular weight excluding hydrogens is 202 g/mol. The Bertz CT molecular complexity index is 418. The first-order valence-electron chi connectivity index (χ1n) is 5.47. The van der Waals surface area contributed by atoms with Crippen molar-refractivity contribution in [2.75, 3.05) is 6.61 Å². The number of rotatable bonds is 1. The smallest absolute Gasteiger partial charge is 0.220 e. The minimum absolute atomic E-state index is 0.0894. The Morgan fingerprint density at radius 2 is 2.00 bits per heavy atom. The predicted molar refractivity (Wildman–Crippen MR) is 63.8 cm³/mol. The molecule has 1 aromatic rings. The molecule has 0 bridgehead atoms. The molecule has 16 heavy (non-hydrogen) atoms. The predicted octanol–water partition coefficient (Wildman–Crippen LogP) is 2.58. The average Bonchev–Trinajstić information content (AvgIpc) is 2.66. The van der Waals surface area contributed by atoms with E-state index in [4.69, 9.17) is 4.74 Å². The fourth-order valence-corrected chi connectivity index (χ4v) is 1.62. The number of hydrogen-bond donors (Lipinski definition) is 1. The molecule has 0 saturated heterocycles. The highest BCUT2D eigenvalue weighted by Gasteiger charge is 2.31. The Hall–Kier alpha value is -1.51. The van der Waals surface area contributed by atoms with Gasteiger partial charge in [0.2, 0.25) is 5.90 Å². The van der Waals surface area contributed by atoms with E-state index in [-0.39, 0.29) is 17.2 Å². The maximum atomic E-state index is 9.70. The molecule has 0 radical (unpaired) electrons. The van der Waals surface area contributed by atoms with Gasteiger partial charge in [0.15, 0.2) is 0 Å². The van der Waals surface area contributed by atoms with Gasteiger partial charge in [0.25, 0.3) is 0 Å². The molecule has 0 spiro atoms. The molecule has 2 rings (SSSR count). The van der Waals surface area contributed by atoms with Crippen molar-refractivity contribution in [2.45, 2.75) is 26.8 Å². The fourth-order valence-electron chi connectivity index (χ4n) is 1.62. The van der Waals surface area contributed by atoms with Crippen LogP contribution in [0.25, 0.3) is 0 Å². The van der Waals surface area contributed by atoms with Crippen molar-refractivity contribution in [3.63, 3.8) is 0 Å². The molecular formula is C13H17NO2. The van der Waals surface area contributed by atoms with Crippen molar-refractivity contribution in [1.29, 1.82) is 0 Å². The Balaban J connectivity index is 2.28. The molecule has 0 fully saturated rings. The van der Waals surface area contributed by atoms with E-state index < -0.39 is 0 Å². The molecule has 1 aliphatic heterocycles. The number of phenols is 1. The van der Waals surface area contributed by atoms with Crippen molar-refractivity contribution in [2.24, 2.45) is 10.4 Å². The Kier molecular flexibility index (Phi) is 2.62. The summed E-state index contributed by atoms with van der Waals surface area (Å²) >= 11 is 0. The van der Waals surface area contributed by atoms with Crippen molar-refractivity contribution in [1.82, 2.24) is 0 Å². The SMILES string of the molecule is CC(C)(C)[C@@H]1COC(c2ccccc2O)=N1. The third-order valence-corrected chi connectivity index (χ3v) is 2.79. The van der Waals surface area contributed by atoms with Gasteiger partial charge in [0.05, 0.1) is 11.6 Å². The summed E-state index contributed by atoms with van der Waals surface area (Å²) in [5.41, 5.74) is 0.765. The van der Waals surface area contributed by atoms with Gasteiger partial charge in [-0.15, -0.1) is 0 Å². The number of hydrogen-bond acceptors (Lipinski definition) is 3. The lowest BCUT2D eigenvalue weighted by atomic mass is 9.88. The molecule has 1 N–H and O–H groups in total. The summed E-state index contributed by atoms with van der Waals surface area (Å²) < 4.78 is 5.55. The molecule has 1 heterocycles. The van der Waals surface area contributed by atoms with Gasteiger partial charge >= 0.3 is 0 Å². The second-order valence-electron chi connectivity index (χ2n) is 5.14. The lowest BCUT2D eigenvalue weighted by Crippen LogP contribution is -2.25. The highest BCUT2D eigenvalue weighted by Crippen LogP contribution is 2.29. The van der Waals surface area contributed by atoms with Crippen LogP contribution >= 0.6 is 0 Å². The highest BCUT2D eigenvalue weighted by molar-refractivity contribution is 5.97. The van der Waals surface area contributed by atoms with Crippen molar-refractivity contribution in [3.05, 3.63) is 29.8 Å². The standard InChI is InChI=1S/C13H17NO2/c1-13(2,3)11-8-16-12(14-11)9-6-4-5-7-10(9)15/h4-7,11,15H,8H2,1-3H3/t11-/m0/s1. The molecule has 1 aliphatic rings. The topological polar surface area (TPSA) is 41.8 Å². The molecule has 0 aromatic heterocycles. The molecule has 1 aromatic carbocycles. The van der Waals surface area contributed by atoms with Gasteiger partial charge in [-0.2, -0.15) is 0 Å². The summed E-state index contributed by atoms with van der Waals surface area (Å²) in [5, 5.41) is 9.70. The third-order valence-electron chi connectivity index (χ3n) is 2.79. The van der Waals surface area contributed by atoms with E-state index in [1.807, 2.05) is 12.1 Å². The zero-order chi connectivity index (χ0) is 11.8. The van der Waals surface area contributed by atoms with Gasteiger partial charge in [0, 0.05) is 0 Å². The largest absolute Gasteiger partial charge is 0.507 e. The van der Waals surface area contributed by atoms with Gasteiger partial charge in [-0.05, 0) is 17.5 Å². The zero-order valence-electron chi connectivity index (χ0n) is 9.90. The van der Waals surface area contributed by atoms with E-state index in [0.29, 0.717) is 18.1 Å². The second kappa shape index (κ2) is 3.81. The van der Waals surface area contributed by atoms with Gasteiger partial charge in [-0.25, -0.2) is 4.99 Å². The first-order chi connectivity index (χ1) is 7.48. The third kappa shape index (κ3) is 2.03. The second-order valence-corrected chi connectivity index (χ2v) is 5.14. The van der Waals surface area contributed by atoms with E-state index in [1.54, 1.807) is 12.1 Å². The number of phenolic OH excluding ortho intramolecular Hbond substituents is 1. The van der Waals surface area contributed by atoms with Crippen molar-refractivity contribution >= 4 is 5.90 Å². The van der Waals surface area contributed by atoms with Crippen molar-refractivity contribution < 1.29 is 9.84 Å². The number of para-hydroxylation sites is 1. The normalized spacial score (nSPS) is 20.4. The molecule has 1 atom stereocenters. The molecule has 0 amide bonds. The molecule has 3 heteroatoms. The Morgan fingerprint density at radius 1 is 1.31 bits per heavy atom. The van der Waals surface area contributed by atoms with E-state index in [1.165, 1.54) is 0 Å². The summed E-state index contributed by atoms with van der Waals surface area (Å²) in [7, 11) is 0. The Labute approximate surface area is 95.8 Å². The maximum Gasteiger partial charge on any atom is 0.220 e. The van der Waals surface area contributed by atoms with E-state index >= 15 is 0 Å². The number of nitrogens with zero attached hydrogens (tertiary/aromatic N) is 1. The first-order valence-corrected chi connectivity index (χ1v) is 5.47. The van der Waals surface area contributed by atoms with Crippen LogP contribution in [0.15, 0.2) is 29.3 Å². The van der Waals surface area contributed by atoms with Crippen molar-refractivity contribution in [3.8, 4) is 5.75 Å².